The molecule has 1 atom stereocenters. The lowest BCUT2D eigenvalue weighted by Gasteiger charge is -2.39. The summed E-state index contributed by atoms with van der Waals surface area (Å²) in [6.07, 6.45) is 3.18. The molecule has 1 aromatic heterocycles. The molecule has 0 radical (unpaired) electrons. The fourth-order valence-electron chi connectivity index (χ4n) is 6.66. The molecular formula is C39H39N3O5S. The van der Waals surface area contributed by atoms with Crippen LogP contribution in [0.1, 0.15) is 55.2 Å². The summed E-state index contributed by atoms with van der Waals surface area (Å²) in [4.78, 5) is 23.2. The molecule has 4 aromatic carbocycles. The minimum Gasteiger partial charge on any atom is -0.512 e. The Hall–Kier alpha value is -4.86. The predicted molar refractivity (Wildman–Crippen MR) is 187 cm³/mol. The Morgan fingerprint density at radius 2 is 1.42 bits per heavy atom. The lowest BCUT2D eigenvalue weighted by molar-refractivity contribution is -0.161. The largest absolute Gasteiger partial charge is 0.512 e. The van der Waals surface area contributed by atoms with Crippen LogP contribution in [0.25, 0.3) is 22.2 Å². The zero-order valence-corrected chi connectivity index (χ0v) is 27.9. The second kappa shape index (κ2) is 14.1. The molecule has 2 N–H and O–H groups in total. The Bertz CT molecular complexity index is 2010. The van der Waals surface area contributed by atoms with Gasteiger partial charge in [0.2, 0.25) is 0 Å². The first-order valence-electron chi connectivity index (χ1n) is 16.3. The van der Waals surface area contributed by atoms with Gasteiger partial charge < -0.3 is 9.84 Å². The fraction of sp³-hybridized carbons (Fsp3) is 0.256. The van der Waals surface area contributed by atoms with E-state index in [2.05, 4.69) is 39.0 Å². The molecule has 0 fully saturated rings. The Morgan fingerprint density at radius 3 is 1.96 bits per heavy atom. The van der Waals surface area contributed by atoms with Crippen molar-refractivity contribution in [2.45, 2.75) is 62.1 Å². The van der Waals surface area contributed by atoms with Crippen molar-refractivity contribution < 1.29 is 23.1 Å². The van der Waals surface area contributed by atoms with Gasteiger partial charge in [-0.15, -0.1) is 0 Å². The van der Waals surface area contributed by atoms with Gasteiger partial charge in [0.15, 0.2) is 0 Å². The maximum Gasteiger partial charge on any atom is 0.338 e. The van der Waals surface area contributed by atoms with Crippen LogP contribution in [0.4, 0.5) is 0 Å². The second-order valence-electron chi connectivity index (χ2n) is 12.2. The Labute approximate surface area is 281 Å². The number of hydrogen-bond acceptors (Lipinski definition) is 7. The first kappa shape index (κ1) is 33.1. The molecule has 0 amide bonds. The summed E-state index contributed by atoms with van der Waals surface area (Å²) in [6, 6.07) is 34.9. The quantitative estimate of drug-likeness (QED) is 0.105. The van der Waals surface area contributed by atoms with Crippen molar-refractivity contribution in [3.63, 3.8) is 0 Å². The van der Waals surface area contributed by atoms with Crippen LogP contribution >= 0.6 is 0 Å². The number of aromatic nitrogens is 2. The molecule has 6 rings (SSSR count). The number of aliphatic hydroxyl groups is 1. The van der Waals surface area contributed by atoms with Gasteiger partial charge in [-0.25, -0.2) is 27.9 Å². The van der Waals surface area contributed by atoms with Crippen molar-refractivity contribution in [1.29, 1.82) is 0 Å². The third-order valence-corrected chi connectivity index (χ3v) is 10.4. The number of benzene rings is 4. The number of carbonyl (C=O) groups is 1. The van der Waals surface area contributed by atoms with Crippen LogP contribution in [-0.4, -0.2) is 42.1 Å². The number of aryl methyl sites for hydroxylation is 2. The monoisotopic (exact) mass is 661 g/mol. The van der Waals surface area contributed by atoms with Gasteiger partial charge >= 0.3 is 5.97 Å². The Morgan fingerprint density at radius 1 is 0.833 bits per heavy atom. The van der Waals surface area contributed by atoms with Gasteiger partial charge in [-0.3, -0.25) is 0 Å². The molecule has 0 aliphatic carbocycles. The molecule has 0 saturated carbocycles. The molecule has 0 bridgehead atoms. The normalized spacial score (nSPS) is 15.3. The summed E-state index contributed by atoms with van der Waals surface area (Å²) >= 11 is 0. The number of nitrogens with zero attached hydrogens (tertiary/aromatic N) is 2. The number of aliphatic hydroxyl groups excluding tert-OH is 1. The van der Waals surface area contributed by atoms with E-state index < -0.39 is 27.5 Å². The summed E-state index contributed by atoms with van der Waals surface area (Å²) in [5, 5.41) is 12.1. The van der Waals surface area contributed by atoms with Crippen molar-refractivity contribution in [3.05, 3.63) is 137 Å². The van der Waals surface area contributed by atoms with Crippen LogP contribution in [0.2, 0.25) is 0 Å². The van der Waals surface area contributed by atoms with E-state index in [9.17, 15) is 18.3 Å². The molecule has 9 heteroatoms. The van der Waals surface area contributed by atoms with Crippen molar-refractivity contribution in [2.75, 3.05) is 7.05 Å². The molecule has 246 valence electrons. The highest BCUT2D eigenvalue weighted by atomic mass is 32.2. The second-order valence-corrected chi connectivity index (χ2v) is 14.0. The van der Waals surface area contributed by atoms with Crippen molar-refractivity contribution in [1.82, 2.24) is 14.7 Å². The third-order valence-electron chi connectivity index (χ3n) is 9.18. The molecule has 0 spiro atoms. The average Bonchev–Trinajstić information content (AvgIpc) is 3.12. The third kappa shape index (κ3) is 6.88. The van der Waals surface area contributed by atoms with Gasteiger partial charge in [0.25, 0.3) is 15.2 Å². The molecular weight excluding hydrogens is 623 g/mol. The maximum atomic E-state index is 14.2. The van der Waals surface area contributed by atoms with E-state index in [1.807, 2.05) is 79.7 Å². The zero-order valence-electron chi connectivity index (χ0n) is 27.1. The van der Waals surface area contributed by atoms with Gasteiger partial charge in [0, 0.05) is 23.3 Å². The number of fused-ring (bicyclic) bond motifs is 1. The number of nitrogens with one attached hydrogen (secondary N) is 1. The van der Waals surface area contributed by atoms with Gasteiger partial charge in [-0.2, -0.15) is 0 Å². The number of sulfonamides is 1. The van der Waals surface area contributed by atoms with Crippen LogP contribution < -0.4 is 4.72 Å². The SMILES string of the molecule is CCC(C1=C(O)CC(CCc2ccccc2)(CCc2ccccc2)OC1=O)c1cccc2nc(S(=O)(=O)NC)nc(-c3ccccc3)c12. The highest BCUT2D eigenvalue weighted by Crippen LogP contribution is 2.44. The highest BCUT2D eigenvalue weighted by Gasteiger charge is 2.44. The van der Waals surface area contributed by atoms with Crippen molar-refractivity contribution in [2.24, 2.45) is 0 Å². The number of rotatable bonds is 12. The molecule has 1 aliphatic rings. The van der Waals surface area contributed by atoms with Crippen LogP contribution in [0.5, 0.6) is 0 Å². The van der Waals surface area contributed by atoms with Gasteiger partial charge in [0.1, 0.15) is 11.4 Å². The maximum absolute atomic E-state index is 14.2. The first-order chi connectivity index (χ1) is 23.2. The van der Waals surface area contributed by atoms with E-state index in [1.54, 1.807) is 12.1 Å². The molecule has 5 aromatic rings. The molecule has 1 unspecified atom stereocenters. The van der Waals surface area contributed by atoms with Crippen LogP contribution in [0.15, 0.2) is 126 Å². The summed E-state index contributed by atoms with van der Waals surface area (Å²) in [6.45, 7) is 1.95. The number of carbonyl (C=O) groups excluding carboxylic acids is 1. The number of hydrogen-bond donors (Lipinski definition) is 2. The van der Waals surface area contributed by atoms with E-state index in [1.165, 1.54) is 7.05 Å². The minimum atomic E-state index is -3.96. The van der Waals surface area contributed by atoms with Crippen LogP contribution in [0, 0.1) is 0 Å². The average molecular weight is 662 g/mol. The van der Waals surface area contributed by atoms with E-state index in [4.69, 9.17) is 4.74 Å². The summed E-state index contributed by atoms with van der Waals surface area (Å²) in [7, 11) is -2.64. The lowest BCUT2D eigenvalue weighted by Crippen LogP contribution is -2.42. The van der Waals surface area contributed by atoms with E-state index in [-0.39, 0.29) is 22.9 Å². The fourth-order valence-corrected chi connectivity index (χ4v) is 7.27. The summed E-state index contributed by atoms with van der Waals surface area (Å²) < 4.78 is 34.4. The predicted octanol–water partition coefficient (Wildman–Crippen LogP) is 7.46. The zero-order chi connectivity index (χ0) is 33.7. The topological polar surface area (TPSA) is 118 Å². The Balaban J connectivity index is 1.44. The van der Waals surface area contributed by atoms with Gasteiger partial charge in [-0.05, 0) is 61.9 Å². The smallest absolute Gasteiger partial charge is 0.338 e. The van der Waals surface area contributed by atoms with Crippen molar-refractivity contribution in [3.8, 4) is 11.3 Å². The summed E-state index contributed by atoms with van der Waals surface area (Å²) in [5.41, 5.74) is 3.85. The standard InChI is InChI=1S/C39H39N3O5S/c1-3-30(31-20-13-21-32-34(31)36(29-18-11-6-12-19-29)42-38(41-32)48(45,46)40-2)35-33(43)26-39(47-37(35)44,24-22-27-14-7-4-8-15-27)25-23-28-16-9-5-10-17-28/h4-21,30,40,43H,3,22-26H2,1-2H3. The van der Waals surface area contributed by atoms with Crippen molar-refractivity contribution >= 4 is 26.9 Å². The lowest BCUT2D eigenvalue weighted by atomic mass is 9.78. The van der Waals surface area contributed by atoms with Crippen LogP contribution in [0.3, 0.4) is 0 Å². The van der Waals surface area contributed by atoms with Gasteiger partial charge in [0.05, 0.1) is 16.8 Å². The first-order valence-corrected chi connectivity index (χ1v) is 17.7. The minimum absolute atomic E-state index is 0.0211. The van der Waals surface area contributed by atoms with Gasteiger partial charge in [-0.1, -0.05) is 110 Å². The highest BCUT2D eigenvalue weighted by molar-refractivity contribution is 7.89. The van der Waals surface area contributed by atoms with E-state index >= 15 is 0 Å². The summed E-state index contributed by atoms with van der Waals surface area (Å²) in [5.74, 6) is -1.08. The molecule has 8 nitrogen and oxygen atoms in total. The number of esters is 1. The molecule has 48 heavy (non-hydrogen) atoms. The van der Waals surface area contributed by atoms with Crippen LogP contribution in [-0.2, 0) is 32.4 Å². The molecule has 1 aliphatic heterocycles. The molecule has 0 saturated heterocycles. The van der Waals surface area contributed by atoms with E-state index in [0.29, 0.717) is 59.8 Å². The number of cyclic esters (lactones) is 1. The number of ether oxygens (including phenoxy) is 1. The Kier molecular flexibility index (Phi) is 9.71. The molecule has 2 heterocycles. The van der Waals surface area contributed by atoms with E-state index in [0.717, 1.165) is 11.1 Å².